The topological polar surface area (TPSA) is 89.7 Å². The van der Waals surface area contributed by atoms with E-state index in [2.05, 4.69) is 0 Å². The van der Waals surface area contributed by atoms with Crippen LogP contribution in [-0.4, -0.2) is 45.5 Å². The second-order valence-electron chi connectivity index (χ2n) is 5.69. The number of nitrogens with two attached hydrogens (primary N) is 1. The molecule has 0 unspecified atom stereocenters. The maximum Gasteiger partial charge on any atom is 0.256 e. The summed E-state index contributed by atoms with van der Waals surface area (Å²) < 4.78 is 42.0. The molecular formula is C15H21FN2O4S. The number of hydrogen-bond acceptors (Lipinski definition) is 4. The van der Waals surface area contributed by atoms with E-state index < -0.39 is 21.7 Å². The van der Waals surface area contributed by atoms with Gasteiger partial charge in [0.05, 0.1) is 16.6 Å². The average molecular weight is 344 g/mol. The number of nitrogens with zero attached hydrogens (tertiary/aromatic N) is 1. The van der Waals surface area contributed by atoms with E-state index in [4.69, 9.17) is 9.88 Å². The standard InChI is InChI=1S/C15H21FN2O4S/c1-18(8-2-4-11-5-3-9-22-11)15(19)13-10-12(23(17,20)21)6-7-14(13)16/h6-7,10-11H,2-5,8-9H2,1H3,(H2,17,20,21)/t11-/m1/s1. The van der Waals surface area contributed by atoms with Crippen molar-refractivity contribution < 1.29 is 22.3 Å². The van der Waals surface area contributed by atoms with Gasteiger partial charge in [0.15, 0.2) is 0 Å². The molecule has 1 amide bonds. The summed E-state index contributed by atoms with van der Waals surface area (Å²) in [5.74, 6) is -1.34. The normalized spacial score (nSPS) is 18.1. The van der Waals surface area contributed by atoms with Gasteiger partial charge in [-0.05, 0) is 43.9 Å². The van der Waals surface area contributed by atoms with E-state index in [1.807, 2.05) is 0 Å². The number of carbonyl (C=O) groups is 1. The summed E-state index contributed by atoms with van der Waals surface area (Å²) in [5, 5.41) is 5.01. The van der Waals surface area contributed by atoms with Gasteiger partial charge < -0.3 is 9.64 Å². The van der Waals surface area contributed by atoms with E-state index in [-0.39, 0.29) is 16.6 Å². The lowest BCUT2D eigenvalue weighted by molar-refractivity contribution is 0.0758. The van der Waals surface area contributed by atoms with Crippen molar-refractivity contribution in [1.29, 1.82) is 0 Å². The molecule has 0 radical (unpaired) electrons. The molecule has 128 valence electrons. The number of carbonyl (C=O) groups excluding carboxylic acids is 1. The number of hydrogen-bond donors (Lipinski definition) is 1. The van der Waals surface area contributed by atoms with Crippen LogP contribution in [0, 0.1) is 5.82 Å². The second kappa shape index (κ2) is 7.37. The predicted octanol–water partition coefficient (Wildman–Crippen LogP) is 1.50. The van der Waals surface area contributed by atoms with Gasteiger partial charge in [-0.25, -0.2) is 17.9 Å². The Morgan fingerprint density at radius 2 is 2.22 bits per heavy atom. The molecule has 1 atom stereocenters. The third-order valence-corrected chi connectivity index (χ3v) is 4.80. The molecule has 1 heterocycles. The minimum Gasteiger partial charge on any atom is -0.378 e. The molecule has 0 aliphatic carbocycles. The largest absolute Gasteiger partial charge is 0.378 e. The Morgan fingerprint density at radius 1 is 1.48 bits per heavy atom. The Morgan fingerprint density at radius 3 is 2.83 bits per heavy atom. The average Bonchev–Trinajstić information content (AvgIpc) is 2.99. The van der Waals surface area contributed by atoms with Crippen LogP contribution in [0.5, 0.6) is 0 Å². The summed E-state index contributed by atoms with van der Waals surface area (Å²) in [6, 6.07) is 2.95. The van der Waals surface area contributed by atoms with Gasteiger partial charge in [-0.3, -0.25) is 4.79 Å². The van der Waals surface area contributed by atoms with Gasteiger partial charge in [0.25, 0.3) is 5.91 Å². The van der Waals surface area contributed by atoms with Crippen LogP contribution < -0.4 is 5.14 Å². The Labute approximate surface area is 135 Å². The first-order valence-corrected chi connectivity index (χ1v) is 9.03. The Hall–Kier alpha value is -1.51. The third-order valence-electron chi connectivity index (χ3n) is 3.89. The van der Waals surface area contributed by atoms with Crippen molar-refractivity contribution in [2.24, 2.45) is 5.14 Å². The highest BCUT2D eigenvalue weighted by molar-refractivity contribution is 7.89. The van der Waals surface area contributed by atoms with Crippen LogP contribution in [0.4, 0.5) is 4.39 Å². The Bertz CT molecular complexity index is 672. The highest BCUT2D eigenvalue weighted by Crippen LogP contribution is 2.18. The maximum absolute atomic E-state index is 13.8. The first-order valence-electron chi connectivity index (χ1n) is 7.48. The molecule has 1 saturated heterocycles. The SMILES string of the molecule is CN(CCC[C@@H]1CCCO1)C(=O)c1cc(S(N)(=O)=O)ccc1F. The molecular weight excluding hydrogens is 323 g/mol. The van der Waals surface area contributed by atoms with Crippen LogP contribution in [0.15, 0.2) is 23.1 Å². The van der Waals surface area contributed by atoms with Gasteiger partial charge in [-0.15, -0.1) is 0 Å². The van der Waals surface area contributed by atoms with Gasteiger partial charge in [-0.1, -0.05) is 0 Å². The van der Waals surface area contributed by atoms with Gasteiger partial charge >= 0.3 is 0 Å². The molecule has 1 aliphatic heterocycles. The van der Waals surface area contributed by atoms with Crippen LogP contribution in [0.25, 0.3) is 0 Å². The van der Waals surface area contributed by atoms with E-state index in [1.54, 1.807) is 7.05 Å². The van der Waals surface area contributed by atoms with Crippen LogP contribution in [0.1, 0.15) is 36.0 Å². The first-order chi connectivity index (χ1) is 10.8. The molecule has 0 aromatic heterocycles. The Balaban J connectivity index is 2.00. The minimum absolute atomic E-state index is 0.237. The van der Waals surface area contributed by atoms with E-state index >= 15 is 0 Å². The first kappa shape index (κ1) is 17.8. The molecule has 23 heavy (non-hydrogen) atoms. The van der Waals surface area contributed by atoms with Crippen molar-refractivity contribution >= 4 is 15.9 Å². The molecule has 0 bridgehead atoms. The molecule has 1 aromatic carbocycles. The Kier molecular flexibility index (Phi) is 5.72. The summed E-state index contributed by atoms with van der Waals surface area (Å²) in [6.45, 7) is 1.22. The molecule has 8 heteroatoms. The number of halogens is 1. The van der Waals surface area contributed by atoms with Crippen LogP contribution >= 0.6 is 0 Å². The summed E-state index contributed by atoms with van der Waals surface area (Å²) in [6.07, 6.45) is 3.91. The second-order valence-corrected chi connectivity index (χ2v) is 7.25. The van der Waals surface area contributed by atoms with Crippen molar-refractivity contribution in [2.75, 3.05) is 20.2 Å². The summed E-state index contributed by atoms with van der Waals surface area (Å²) in [4.78, 5) is 13.4. The van der Waals surface area contributed by atoms with Crippen LogP contribution in [-0.2, 0) is 14.8 Å². The molecule has 6 nitrogen and oxygen atoms in total. The maximum atomic E-state index is 13.8. The lowest BCUT2D eigenvalue weighted by Crippen LogP contribution is -2.29. The quantitative estimate of drug-likeness (QED) is 0.847. The zero-order valence-electron chi connectivity index (χ0n) is 13.0. The fourth-order valence-corrected chi connectivity index (χ4v) is 3.12. The highest BCUT2D eigenvalue weighted by atomic mass is 32.2. The van der Waals surface area contributed by atoms with E-state index in [1.165, 1.54) is 4.90 Å². The molecule has 0 saturated carbocycles. The van der Waals surface area contributed by atoms with Gasteiger partial charge in [0, 0.05) is 20.2 Å². The number of benzene rings is 1. The molecule has 2 rings (SSSR count). The fourth-order valence-electron chi connectivity index (χ4n) is 2.58. The number of primary sulfonamides is 1. The molecule has 0 spiro atoms. The van der Waals surface area contributed by atoms with Crippen LogP contribution in [0.2, 0.25) is 0 Å². The van der Waals surface area contributed by atoms with Crippen molar-refractivity contribution in [2.45, 2.75) is 36.7 Å². The minimum atomic E-state index is -3.98. The lowest BCUT2D eigenvalue weighted by Gasteiger charge is -2.19. The van der Waals surface area contributed by atoms with Crippen molar-refractivity contribution in [3.05, 3.63) is 29.6 Å². The van der Waals surface area contributed by atoms with Crippen molar-refractivity contribution in [3.8, 4) is 0 Å². The molecule has 1 aromatic rings. The number of amides is 1. The molecule has 2 N–H and O–H groups in total. The van der Waals surface area contributed by atoms with Crippen LogP contribution in [0.3, 0.4) is 0 Å². The zero-order chi connectivity index (χ0) is 17.0. The van der Waals surface area contributed by atoms with Gasteiger partial charge in [-0.2, -0.15) is 0 Å². The molecule has 1 aliphatic rings. The van der Waals surface area contributed by atoms with Gasteiger partial charge in [0.2, 0.25) is 10.0 Å². The summed E-state index contributed by atoms with van der Waals surface area (Å²) >= 11 is 0. The number of sulfonamides is 1. The number of rotatable bonds is 6. The monoisotopic (exact) mass is 344 g/mol. The third kappa shape index (κ3) is 4.73. The van der Waals surface area contributed by atoms with E-state index in [0.717, 1.165) is 50.5 Å². The van der Waals surface area contributed by atoms with Crippen molar-refractivity contribution in [3.63, 3.8) is 0 Å². The van der Waals surface area contributed by atoms with E-state index in [0.29, 0.717) is 6.54 Å². The smallest absolute Gasteiger partial charge is 0.256 e. The van der Waals surface area contributed by atoms with E-state index in [9.17, 15) is 17.6 Å². The van der Waals surface area contributed by atoms with Gasteiger partial charge in [0.1, 0.15) is 5.82 Å². The predicted molar refractivity (Wildman–Crippen MR) is 82.9 cm³/mol. The summed E-state index contributed by atoms with van der Waals surface area (Å²) in [7, 11) is -2.43. The molecule has 1 fully saturated rings. The fraction of sp³-hybridized carbons (Fsp3) is 0.533. The van der Waals surface area contributed by atoms with Crippen molar-refractivity contribution in [1.82, 2.24) is 4.90 Å². The lowest BCUT2D eigenvalue weighted by atomic mass is 10.1. The zero-order valence-corrected chi connectivity index (χ0v) is 13.8. The highest BCUT2D eigenvalue weighted by Gasteiger charge is 2.20. The number of ether oxygens (including phenoxy) is 1. The summed E-state index contributed by atoms with van der Waals surface area (Å²) in [5.41, 5.74) is -0.295.